The van der Waals surface area contributed by atoms with Crippen molar-refractivity contribution >= 4 is 33.4 Å². The van der Waals surface area contributed by atoms with Gasteiger partial charge in [-0.3, -0.25) is 14.6 Å². The van der Waals surface area contributed by atoms with Crippen LogP contribution in [0.5, 0.6) is 0 Å². The van der Waals surface area contributed by atoms with E-state index in [1.54, 1.807) is 6.07 Å². The highest BCUT2D eigenvalue weighted by Gasteiger charge is 2.12. The van der Waals surface area contributed by atoms with Crippen molar-refractivity contribution in [2.45, 2.75) is 26.7 Å². The van der Waals surface area contributed by atoms with Crippen LogP contribution in [0.2, 0.25) is 0 Å². The Bertz CT molecular complexity index is 747. The van der Waals surface area contributed by atoms with E-state index in [9.17, 15) is 9.59 Å². The predicted octanol–water partition coefficient (Wildman–Crippen LogP) is 3.93. The molecule has 0 bridgehead atoms. The summed E-state index contributed by atoms with van der Waals surface area (Å²) in [5, 5.41) is 5.63. The molecule has 0 aliphatic rings. The Morgan fingerprint density at radius 1 is 1.12 bits per heavy atom. The molecule has 2 N–H and O–H groups in total. The van der Waals surface area contributed by atoms with E-state index in [0.717, 1.165) is 22.9 Å². The molecule has 0 aliphatic heterocycles. The largest absolute Gasteiger partial charge is 0.352 e. The number of anilines is 1. The van der Waals surface area contributed by atoms with Gasteiger partial charge in [-0.2, -0.15) is 0 Å². The average molecular weight is 390 g/mol. The van der Waals surface area contributed by atoms with E-state index in [1.807, 2.05) is 25.1 Å². The van der Waals surface area contributed by atoms with E-state index >= 15 is 0 Å². The summed E-state index contributed by atoms with van der Waals surface area (Å²) in [5.74, 6) is -0.530. The number of carbonyl (C=O) groups excluding carboxylic acids is 2. The minimum Gasteiger partial charge on any atom is -0.352 e. The van der Waals surface area contributed by atoms with Gasteiger partial charge in [-0.1, -0.05) is 19.4 Å². The zero-order valence-electron chi connectivity index (χ0n) is 13.7. The topological polar surface area (TPSA) is 71.1 Å². The molecule has 1 aromatic heterocycles. The SMILES string of the molecule is CCCCNC(=O)c1cncc(C(=O)Nc2ccc(C)cc2Br)c1. The van der Waals surface area contributed by atoms with Crippen LogP contribution < -0.4 is 10.6 Å². The lowest BCUT2D eigenvalue weighted by Crippen LogP contribution is -2.25. The molecule has 1 heterocycles. The van der Waals surface area contributed by atoms with Crippen molar-refractivity contribution in [2.24, 2.45) is 0 Å². The van der Waals surface area contributed by atoms with Crippen molar-refractivity contribution in [3.05, 3.63) is 57.8 Å². The molecule has 6 heteroatoms. The normalized spacial score (nSPS) is 10.3. The number of nitrogens with one attached hydrogen (secondary N) is 2. The summed E-state index contributed by atoms with van der Waals surface area (Å²) in [6, 6.07) is 7.21. The lowest BCUT2D eigenvalue weighted by molar-refractivity contribution is 0.0953. The molecule has 0 unspecified atom stereocenters. The van der Waals surface area contributed by atoms with Crippen molar-refractivity contribution in [2.75, 3.05) is 11.9 Å². The molecule has 2 rings (SSSR count). The molecule has 0 saturated carbocycles. The Labute approximate surface area is 150 Å². The first-order chi connectivity index (χ1) is 11.5. The summed E-state index contributed by atoms with van der Waals surface area (Å²) < 4.78 is 0.803. The summed E-state index contributed by atoms with van der Waals surface area (Å²) in [6.45, 7) is 4.64. The van der Waals surface area contributed by atoms with Crippen LogP contribution in [-0.2, 0) is 0 Å². The fourth-order valence-corrected chi connectivity index (χ4v) is 2.68. The maximum atomic E-state index is 12.4. The van der Waals surface area contributed by atoms with Gasteiger partial charge in [0.05, 0.1) is 16.8 Å². The molecule has 0 radical (unpaired) electrons. The van der Waals surface area contributed by atoms with Crippen LogP contribution in [0.15, 0.2) is 41.1 Å². The highest BCUT2D eigenvalue weighted by Crippen LogP contribution is 2.23. The number of carbonyl (C=O) groups is 2. The van der Waals surface area contributed by atoms with E-state index in [2.05, 4.69) is 38.5 Å². The third kappa shape index (κ3) is 4.89. The molecular formula is C18H20BrN3O2. The number of halogens is 1. The molecule has 2 amide bonds. The molecule has 126 valence electrons. The van der Waals surface area contributed by atoms with Crippen molar-refractivity contribution in [1.82, 2.24) is 10.3 Å². The number of benzene rings is 1. The first-order valence-electron chi connectivity index (χ1n) is 7.82. The lowest BCUT2D eigenvalue weighted by Gasteiger charge is -2.09. The molecule has 1 aromatic carbocycles. The second-order valence-electron chi connectivity index (χ2n) is 5.51. The summed E-state index contributed by atoms with van der Waals surface area (Å²) >= 11 is 3.43. The van der Waals surface area contributed by atoms with E-state index < -0.39 is 0 Å². The first kappa shape index (κ1) is 18.1. The lowest BCUT2D eigenvalue weighted by atomic mass is 10.1. The van der Waals surface area contributed by atoms with Gasteiger partial charge in [0.2, 0.25) is 0 Å². The van der Waals surface area contributed by atoms with E-state index in [1.165, 1.54) is 12.4 Å². The van der Waals surface area contributed by atoms with E-state index in [-0.39, 0.29) is 11.8 Å². The minimum atomic E-state index is -0.310. The average Bonchev–Trinajstić information content (AvgIpc) is 2.57. The van der Waals surface area contributed by atoms with Crippen molar-refractivity contribution in [3.8, 4) is 0 Å². The van der Waals surface area contributed by atoms with Crippen LogP contribution >= 0.6 is 15.9 Å². The fraction of sp³-hybridized carbons (Fsp3) is 0.278. The van der Waals surface area contributed by atoms with Crippen LogP contribution in [0.4, 0.5) is 5.69 Å². The van der Waals surface area contributed by atoms with Gasteiger partial charge < -0.3 is 10.6 Å². The summed E-state index contributed by atoms with van der Waals surface area (Å²) in [5.41, 5.74) is 2.48. The van der Waals surface area contributed by atoms with Gasteiger partial charge in [-0.15, -0.1) is 0 Å². The molecule has 0 aliphatic carbocycles. The molecule has 2 aromatic rings. The first-order valence-corrected chi connectivity index (χ1v) is 8.61. The van der Waals surface area contributed by atoms with Gasteiger partial charge in [0, 0.05) is 23.4 Å². The number of amides is 2. The highest BCUT2D eigenvalue weighted by molar-refractivity contribution is 9.10. The molecule has 0 atom stereocenters. The van der Waals surface area contributed by atoms with E-state index in [4.69, 9.17) is 0 Å². The Morgan fingerprint density at radius 2 is 1.83 bits per heavy atom. The molecule has 24 heavy (non-hydrogen) atoms. The van der Waals surface area contributed by atoms with Crippen LogP contribution in [0.3, 0.4) is 0 Å². The smallest absolute Gasteiger partial charge is 0.257 e. The summed E-state index contributed by atoms with van der Waals surface area (Å²) in [6.07, 6.45) is 4.83. The van der Waals surface area contributed by atoms with Gasteiger partial charge in [-0.25, -0.2) is 0 Å². The van der Waals surface area contributed by atoms with Crippen LogP contribution in [0, 0.1) is 6.92 Å². The number of hydrogen-bond donors (Lipinski definition) is 2. The minimum absolute atomic E-state index is 0.220. The molecule has 0 saturated heterocycles. The zero-order valence-corrected chi connectivity index (χ0v) is 15.3. The highest BCUT2D eigenvalue weighted by atomic mass is 79.9. The van der Waals surface area contributed by atoms with E-state index in [0.29, 0.717) is 23.4 Å². The summed E-state index contributed by atoms with van der Waals surface area (Å²) in [7, 11) is 0. The quantitative estimate of drug-likeness (QED) is 0.735. The third-order valence-electron chi connectivity index (χ3n) is 3.45. The number of hydrogen-bond acceptors (Lipinski definition) is 3. The zero-order chi connectivity index (χ0) is 17.5. The van der Waals surface area contributed by atoms with Crippen LogP contribution in [0.1, 0.15) is 46.0 Å². The van der Waals surface area contributed by atoms with Crippen molar-refractivity contribution in [3.63, 3.8) is 0 Å². The van der Waals surface area contributed by atoms with Gasteiger partial charge in [-0.05, 0) is 53.0 Å². The van der Waals surface area contributed by atoms with Gasteiger partial charge in [0.15, 0.2) is 0 Å². The number of pyridine rings is 1. The molecule has 5 nitrogen and oxygen atoms in total. The third-order valence-corrected chi connectivity index (χ3v) is 4.11. The van der Waals surface area contributed by atoms with Crippen LogP contribution in [-0.4, -0.2) is 23.3 Å². The standard InChI is InChI=1S/C18H20BrN3O2/c1-3-4-7-21-17(23)13-9-14(11-20-10-13)18(24)22-16-6-5-12(2)8-15(16)19/h5-6,8-11H,3-4,7H2,1-2H3,(H,21,23)(H,22,24). The number of unbranched alkanes of at least 4 members (excludes halogenated alkanes) is 1. The maximum absolute atomic E-state index is 12.4. The molecule has 0 fully saturated rings. The monoisotopic (exact) mass is 389 g/mol. The van der Waals surface area contributed by atoms with Crippen molar-refractivity contribution in [1.29, 1.82) is 0 Å². The predicted molar refractivity (Wildman–Crippen MR) is 98.3 cm³/mol. The van der Waals surface area contributed by atoms with Gasteiger partial charge >= 0.3 is 0 Å². The Hall–Kier alpha value is -2.21. The van der Waals surface area contributed by atoms with Gasteiger partial charge in [0.1, 0.15) is 0 Å². The molecule has 0 spiro atoms. The number of aromatic nitrogens is 1. The van der Waals surface area contributed by atoms with Crippen molar-refractivity contribution < 1.29 is 9.59 Å². The summed E-state index contributed by atoms with van der Waals surface area (Å²) in [4.78, 5) is 28.4. The molecular weight excluding hydrogens is 370 g/mol. The maximum Gasteiger partial charge on any atom is 0.257 e. The number of nitrogens with zero attached hydrogens (tertiary/aromatic N) is 1. The number of aryl methyl sites for hydroxylation is 1. The Kier molecular flexibility index (Phi) is 6.49. The Balaban J connectivity index is 2.09. The van der Waals surface area contributed by atoms with Gasteiger partial charge in [0.25, 0.3) is 11.8 Å². The van der Waals surface area contributed by atoms with Crippen LogP contribution in [0.25, 0.3) is 0 Å². The number of rotatable bonds is 6. The fourth-order valence-electron chi connectivity index (χ4n) is 2.09. The second-order valence-corrected chi connectivity index (χ2v) is 6.36. The second kappa shape index (κ2) is 8.59. The Morgan fingerprint density at radius 3 is 2.50 bits per heavy atom.